The molecule has 1 aliphatic heterocycles. The van der Waals surface area contributed by atoms with Crippen molar-refractivity contribution in [3.63, 3.8) is 0 Å². The second-order valence-electron chi connectivity index (χ2n) is 2.08. The minimum atomic E-state index is -0.561. The molecule has 0 amide bonds. The van der Waals surface area contributed by atoms with Crippen LogP contribution in [0, 0.1) is 5.82 Å². The molecule has 0 bridgehead atoms. The van der Waals surface area contributed by atoms with E-state index in [9.17, 15) is 4.39 Å². The third-order valence-corrected chi connectivity index (χ3v) is 1.73. The van der Waals surface area contributed by atoms with Crippen molar-refractivity contribution in [1.82, 2.24) is 0 Å². The number of ether oxygens (including phenoxy) is 2. The highest BCUT2D eigenvalue weighted by molar-refractivity contribution is 9.09. The Balaban J connectivity index is 2.49. The van der Waals surface area contributed by atoms with Crippen LogP contribution in [0.5, 0.6) is 11.5 Å². The molecule has 0 spiro atoms. The van der Waals surface area contributed by atoms with E-state index >= 15 is 0 Å². The predicted octanol–water partition coefficient (Wildman–Crippen LogP) is 2.28. The lowest BCUT2D eigenvalue weighted by Crippen LogP contribution is -2.07. The Kier molecular flexibility index (Phi) is 1.49. The summed E-state index contributed by atoms with van der Waals surface area (Å²) in [5, 5.41) is -0.561. The lowest BCUT2D eigenvalue weighted by atomic mass is 10.3. The van der Waals surface area contributed by atoms with Crippen molar-refractivity contribution in [3.05, 3.63) is 24.0 Å². The van der Waals surface area contributed by atoms with E-state index in [1.807, 2.05) is 0 Å². The molecule has 1 heterocycles. The smallest absolute Gasteiger partial charge is 0.298 e. The van der Waals surface area contributed by atoms with E-state index < -0.39 is 11.0 Å². The summed E-state index contributed by atoms with van der Waals surface area (Å²) in [7, 11) is 0. The number of halogens is 2. The number of rotatable bonds is 0. The van der Waals surface area contributed by atoms with Crippen molar-refractivity contribution in [2.75, 3.05) is 0 Å². The van der Waals surface area contributed by atoms with Crippen LogP contribution in [0.4, 0.5) is 4.39 Å². The minimum absolute atomic E-state index is 0.175. The van der Waals surface area contributed by atoms with Crippen LogP contribution in [-0.2, 0) is 0 Å². The second-order valence-corrected chi connectivity index (χ2v) is 2.82. The van der Waals surface area contributed by atoms with Crippen LogP contribution in [0.3, 0.4) is 0 Å². The van der Waals surface area contributed by atoms with E-state index in [0.29, 0.717) is 5.75 Å². The summed E-state index contributed by atoms with van der Waals surface area (Å²) in [5.74, 6) is 0.214. The van der Waals surface area contributed by atoms with E-state index in [4.69, 9.17) is 9.47 Å². The van der Waals surface area contributed by atoms with Crippen molar-refractivity contribution in [2.24, 2.45) is 0 Å². The Bertz CT molecular complexity index is 290. The van der Waals surface area contributed by atoms with Gasteiger partial charge in [0.1, 0.15) is 0 Å². The average molecular weight is 219 g/mol. The number of para-hydroxylation sites is 1. The van der Waals surface area contributed by atoms with Crippen LogP contribution in [0.1, 0.15) is 0 Å². The van der Waals surface area contributed by atoms with Gasteiger partial charge in [-0.25, -0.2) is 4.39 Å². The molecule has 1 atom stereocenters. The van der Waals surface area contributed by atoms with Gasteiger partial charge in [0.25, 0.3) is 5.20 Å². The fourth-order valence-electron chi connectivity index (χ4n) is 0.913. The first-order chi connectivity index (χ1) is 5.27. The number of fused-ring (bicyclic) bond motifs is 1. The lowest BCUT2D eigenvalue weighted by molar-refractivity contribution is 0.140. The monoisotopic (exact) mass is 218 g/mol. The molecule has 0 aliphatic carbocycles. The van der Waals surface area contributed by atoms with Gasteiger partial charge in [0.15, 0.2) is 11.6 Å². The summed E-state index contributed by atoms with van der Waals surface area (Å²) in [5.41, 5.74) is 0. The summed E-state index contributed by atoms with van der Waals surface area (Å²) in [6.07, 6.45) is 0. The highest BCUT2D eigenvalue weighted by Crippen LogP contribution is 2.37. The summed E-state index contributed by atoms with van der Waals surface area (Å²) in [6.45, 7) is 0. The predicted molar refractivity (Wildman–Crippen MR) is 40.4 cm³/mol. The van der Waals surface area contributed by atoms with Crippen LogP contribution in [-0.4, -0.2) is 5.20 Å². The molecule has 1 aromatic rings. The van der Waals surface area contributed by atoms with Gasteiger partial charge in [-0.05, 0) is 12.1 Å². The molecule has 58 valence electrons. The molecule has 0 fully saturated rings. The van der Waals surface area contributed by atoms with Crippen molar-refractivity contribution in [2.45, 2.75) is 5.20 Å². The molecule has 2 rings (SSSR count). The Hall–Kier alpha value is -0.770. The highest BCUT2D eigenvalue weighted by Gasteiger charge is 2.24. The zero-order valence-electron chi connectivity index (χ0n) is 5.38. The molecule has 0 radical (unpaired) electrons. The quantitative estimate of drug-likeness (QED) is 0.623. The average Bonchev–Trinajstić information content (AvgIpc) is 2.31. The normalized spacial score (nSPS) is 20.4. The van der Waals surface area contributed by atoms with Gasteiger partial charge >= 0.3 is 0 Å². The molecular weight excluding hydrogens is 215 g/mol. The van der Waals surface area contributed by atoms with E-state index in [0.717, 1.165) is 0 Å². The Morgan fingerprint density at radius 1 is 1.36 bits per heavy atom. The molecule has 0 saturated carbocycles. The van der Waals surface area contributed by atoms with E-state index in [1.165, 1.54) is 6.07 Å². The van der Waals surface area contributed by atoms with Crippen LogP contribution in [0.25, 0.3) is 0 Å². The van der Waals surface area contributed by atoms with Crippen LogP contribution < -0.4 is 9.47 Å². The summed E-state index contributed by atoms with van der Waals surface area (Å²) in [4.78, 5) is 0. The van der Waals surface area contributed by atoms with Gasteiger partial charge < -0.3 is 9.47 Å². The minimum Gasteiger partial charge on any atom is -0.441 e. The largest absolute Gasteiger partial charge is 0.441 e. The first kappa shape index (κ1) is 6.91. The Labute approximate surface area is 71.1 Å². The van der Waals surface area contributed by atoms with Gasteiger partial charge in [-0.3, -0.25) is 0 Å². The van der Waals surface area contributed by atoms with Crippen LogP contribution in [0.15, 0.2) is 18.2 Å². The van der Waals surface area contributed by atoms with Gasteiger partial charge in [-0.2, -0.15) is 0 Å². The van der Waals surface area contributed by atoms with E-state index in [1.54, 1.807) is 12.1 Å². The van der Waals surface area contributed by atoms with Gasteiger partial charge in [0, 0.05) is 15.9 Å². The standard InChI is InChI=1S/C7H4BrFO2/c8-7-10-5-3-1-2-4(9)6(5)11-7/h1-3,7H. The maximum Gasteiger partial charge on any atom is 0.298 e. The summed E-state index contributed by atoms with van der Waals surface area (Å²) in [6, 6.07) is 4.55. The Morgan fingerprint density at radius 3 is 2.91 bits per heavy atom. The molecule has 2 nitrogen and oxygen atoms in total. The van der Waals surface area contributed by atoms with Crippen molar-refractivity contribution < 1.29 is 13.9 Å². The Morgan fingerprint density at radius 2 is 2.18 bits per heavy atom. The summed E-state index contributed by atoms with van der Waals surface area (Å²) < 4.78 is 22.8. The highest BCUT2D eigenvalue weighted by atomic mass is 79.9. The second kappa shape index (κ2) is 2.37. The number of hydrogen-bond donors (Lipinski definition) is 0. The number of alkyl halides is 1. The number of hydrogen-bond acceptors (Lipinski definition) is 2. The molecule has 0 N–H and O–H groups in total. The SMILES string of the molecule is Fc1cccc2c1OC(Br)O2. The molecule has 4 heteroatoms. The van der Waals surface area contributed by atoms with Crippen LogP contribution >= 0.6 is 15.9 Å². The van der Waals surface area contributed by atoms with Crippen molar-refractivity contribution in [3.8, 4) is 11.5 Å². The molecule has 1 unspecified atom stereocenters. The first-order valence-electron chi connectivity index (χ1n) is 3.03. The fourth-order valence-corrected chi connectivity index (χ4v) is 1.30. The number of benzene rings is 1. The molecule has 11 heavy (non-hydrogen) atoms. The zero-order valence-corrected chi connectivity index (χ0v) is 6.97. The van der Waals surface area contributed by atoms with Crippen molar-refractivity contribution in [1.29, 1.82) is 0 Å². The van der Waals surface area contributed by atoms with Gasteiger partial charge in [0.05, 0.1) is 0 Å². The summed E-state index contributed by atoms with van der Waals surface area (Å²) >= 11 is 3.04. The molecular formula is C7H4BrFO2. The van der Waals surface area contributed by atoms with Gasteiger partial charge in [0.2, 0.25) is 5.75 Å². The molecule has 0 aromatic heterocycles. The fraction of sp³-hybridized carbons (Fsp3) is 0.143. The first-order valence-corrected chi connectivity index (χ1v) is 3.95. The van der Waals surface area contributed by atoms with Crippen molar-refractivity contribution >= 4 is 15.9 Å². The maximum atomic E-state index is 12.8. The molecule has 1 aliphatic rings. The maximum absolute atomic E-state index is 12.8. The third-order valence-electron chi connectivity index (χ3n) is 1.36. The van der Waals surface area contributed by atoms with Gasteiger partial charge in [-0.1, -0.05) is 6.07 Å². The lowest BCUT2D eigenvalue weighted by Gasteiger charge is -1.97. The zero-order chi connectivity index (χ0) is 7.84. The topological polar surface area (TPSA) is 18.5 Å². The third kappa shape index (κ3) is 1.07. The van der Waals surface area contributed by atoms with E-state index in [2.05, 4.69) is 15.9 Å². The van der Waals surface area contributed by atoms with Gasteiger partial charge in [-0.15, -0.1) is 0 Å². The molecule has 1 aromatic carbocycles. The van der Waals surface area contributed by atoms with Crippen LogP contribution in [0.2, 0.25) is 0 Å². The molecule has 0 saturated heterocycles. The van der Waals surface area contributed by atoms with E-state index in [-0.39, 0.29) is 5.75 Å².